The van der Waals surface area contributed by atoms with E-state index in [4.69, 9.17) is 0 Å². The predicted molar refractivity (Wildman–Crippen MR) is 113 cm³/mol. The molecule has 0 aromatic heterocycles. The zero-order chi connectivity index (χ0) is 16.9. The Labute approximate surface area is 169 Å². The molecule has 0 bridgehead atoms. The second-order valence-electron chi connectivity index (χ2n) is 7.90. The zero-order valence-electron chi connectivity index (χ0n) is 15.8. The van der Waals surface area contributed by atoms with Gasteiger partial charge in [0.05, 0.1) is 0 Å². The van der Waals surface area contributed by atoms with Crippen LogP contribution >= 0.6 is 24.0 Å². The van der Waals surface area contributed by atoms with E-state index >= 15 is 0 Å². The lowest BCUT2D eigenvalue weighted by Crippen LogP contribution is -2.47. The Morgan fingerprint density at radius 3 is 2.40 bits per heavy atom. The van der Waals surface area contributed by atoms with Gasteiger partial charge in [-0.05, 0) is 37.0 Å². The van der Waals surface area contributed by atoms with E-state index in [1.165, 1.54) is 38.5 Å². The lowest BCUT2D eigenvalue weighted by atomic mass is 9.85. The molecule has 2 aliphatic carbocycles. The third-order valence-electron chi connectivity index (χ3n) is 6.29. The first-order valence-electron chi connectivity index (χ1n) is 9.90. The molecule has 2 N–H and O–H groups in total. The van der Waals surface area contributed by atoms with E-state index in [1.54, 1.807) is 7.05 Å². The molecule has 1 aliphatic heterocycles. The van der Waals surface area contributed by atoms with Crippen molar-refractivity contribution in [1.29, 1.82) is 0 Å². The molecule has 1 saturated heterocycles. The van der Waals surface area contributed by atoms with Gasteiger partial charge in [0.1, 0.15) is 0 Å². The first-order valence-corrected chi connectivity index (χ1v) is 9.90. The molecule has 1 heterocycles. The first-order chi connectivity index (χ1) is 11.7. The number of hydrogen-bond donors (Lipinski definition) is 2. The van der Waals surface area contributed by atoms with E-state index in [9.17, 15) is 4.79 Å². The van der Waals surface area contributed by atoms with Gasteiger partial charge in [-0.2, -0.15) is 0 Å². The monoisotopic (exact) mass is 462 g/mol. The average molecular weight is 462 g/mol. The number of hydrogen-bond acceptors (Lipinski definition) is 2. The zero-order valence-corrected chi connectivity index (χ0v) is 18.1. The summed E-state index contributed by atoms with van der Waals surface area (Å²) in [6.07, 6.45) is 11.4. The van der Waals surface area contributed by atoms with Gasteiger partial charge in [-0.1, -0.05) is 32.1 Å². The molecule has 1 amide bonds. The van der Waals surface area contributed by atoms with Crippen molar-refractivity contribution in [2.24, 2.45) is 22.7 Å². The van der Waals surface area contributed by atoms with Crippen molar-refractivity contribution in [2.75, 3.05) is 27.2 Å². The summed E-state index contributed by atoms with van der Waals surface area (Å²) in [5.41, 5.74) is 0. The van der Waals surface area contributed by atoms with Crippen LogP contribution < -0.4 is 10.6 Å². The molecule has 25 heavy (non-hydrogen) atoms. The van der Waals surface area contributed by atoms with E-state index < -0.39 is 0 Å². The summed E-state index contributed by atoms with van der Waals surface area (Å²) in [6, 6.07) is 0.649. The molecule has 3 fully saturated rings. The maximum absolute atomic E-state index is 11.5. The van der Waals surface area contributed by atoms with Crippen molar-refractivity contribution in [2.45, 2.75) is 63.8 Å². The third kappa shape index (κ3) is 5.73. The Bertz CT molecular complexity index is 456. The standard InChI is InChI=1S/C19H34N4O.HI/c1-20-18(24)12-14-8-10-23(11-9-14)19(21-2)22-17-13-16(17)15-6-4-3-5-7-15;/h14-17H,3-13H2,1-2H3,(H,20,24)(H,21,22);1H. The smallest absolute Gasteiger partial charge is 0.220 e. The van der Waals surface area contributed by atoms with E-state index in [2.05, 4.69) is 20.5 Å². The van der Waals surface area contributed by atoms with Crippen LogP contribution in [0, 0.1) is 17.8 Å². The van der Waals surface area contributed by atoms with E-state index in [0.29, 0.717) is 18.4 Å². The Hall–Kier alpha value is -0.530. The largest absolute Gasteiger partial charge is 0.359 e. The fourth-order valence-electron chi connectivity index (χ4n) is 4.64. The van der Waals surface area contributed by atoms with Crippen LogP contribution in [0.15, 0.2) is 4.99 Å². The second-order valence-corrected chi connectivity index (χ2v) is 7.90. The highest BCUT2D eigenvalue weighted by Crippen LogP contribution is 2.44. The van der Waals surface area contributed by atoms with Crippen LogP contribution in [0.1, 0.15) is 57.8 Å². The van der Waals surface area contributed by atoms with Crippen LogP contribution in [-0.4, -0.2) is 50.0 Å². The Morgan fingerprint density at radius 1 is 1.12 bits per heavy atom. The number of amides is 1. The van der Waals surface area contributed by atoms with Gasteiger partial charge in [0.2, 0.25) is 5.91 Å². The molecular weight excluding hydrogens is 427 g/mol. The summed E-state index contributed by atoms with van der Waals surface area (Å²) in [7, 11) is 3.62. The van der Waals surface area contributed by atoms with Crippen molar-refractivity contribution in [3.63, 3.8) is 0 Å². The molecule has 0 aromatic carbocycles. The van der Waals surface area contributed by atoms with Crippen LogP contribution in [-0.2, 0) is 4.79 Å². The van der Waals surface area contributed by atoms with Crippen molar-refractivity contribution in [3.8, 4) is 0 Å². The Balaban J connectivity index is 0.00000225. The molecule has 2 unspecified atom stereocenters. The van der Waals surface area contributed by atoms with E-state index in [-0.39, 0.29) is 29.9 Å². The van der Waals surface area contributed by atoms with E-state index in [0.717, 1.165) is 43.7 Å². The molecule has 0 spiro atoms. The SMILES string of the molecule is CN=C(NC1CC1C1CCCCC1)N1CCC(CC(=O)NC)CC1.I. The predicted octanol–water partition coefficient (Wildman–Crippen LogP) is 3.00. The number of carbonyl (C=O) groups excluding carboxylic acids is 1. The van der Waals surface area contributed by atoms with Crippen molar-refractivity contribution >= 4 is 35.8 Å². The maximum atomic E-state index is 11.5. The fourth-order valence-corrected chi connectivity index (χ4v) is 4.64. The maximum Gasteiger partial charge on any atom is 0.220 e. The summed E-state index contributed by atoms with van der Waals surface area (Å²) in [5.74, 6) is 3.61. The molecule has 5 nitrogen and oxygen atoms in total. The van der Waals surface area contributed by atoms with Gasteiger partial charge < -0.3 is 15.5 Å². The summed E-state index contributed by atoms with van der Waals surface area (Å²) >= 11 is 0. The summed E-state index contributed by atoms with van der Waals surface area (Å²) in [4.78, 5) is 18.4. The molecule has 0 radical (unpaired) electrons. The minimum atomic E-state index is 0. The van der Waals surface area contributed by atoms with Crippen LogP contribution in [0.25, 0.3) is 0 Å². The summed E-state index contributed by atoms with van der Waals surface area (Å²) < 4.78 is 0. The second kappa shape index (κ2) is 9.97. The third-order valence-corrected chi connectivity index (χ3v) is 6.29. The van der Waals surface area contributed by atoms with Gasteiger partial charge in [-0.15, -0.1) is 24.0 Å². The number of rotatable bonds is 4. The molecule has 144 valence electrons. The molecule has 3 rings (SSSR count). The first kappa shape index (κ1) is 20.8. The highest BCUT2D eigenvalue weighted by molar-refractivity contribution is 14.0. The van der Waals surface area contributed by atoms with Crippen LogP contribution in [0.4, 0.5) is 0 Å². The molecule has 2 saturated carbocycles. The number of likely N-dealkylation sites (tertiary alicyclic amines) is 1. The Morgan fingerprint density at radius 2 is 1.80 bits per heavy atom. The average Bonchev–Trinajstić information content (AvgIpc) is 3.40. The summed E-state index contributed by atoms with van der Waals surface area (Å²) in [6.45, 7) is 2.03. The van der Waals surface area contributed by atoms with Gasteiger partial charge in [-0.3, -0.25) is 9.79 Å². The van der Waals surface area contributed by atoms with Crippen molar-refractivity contribution in [1.82, 2.24) is 15.5 Å². The number of guanidine groups is 1. The highest BCUT2D eigenvalue weighted by atomic mass is 127. The minimum absolute atomic E-state index is 0. The molecule has 6 heteroatoms. The Kier molecular flexibility index (Phi) is 8.29. The van der Waals surface area contributed by atoms with Crippen LogP contribution in [0.3, 0.4) is 0 Å². The topological polar surface area (TPSA) is 56.7 Å². The fraction of sp³-hybridized carbons (Fsp3) is 0.895. The van der Waals surface area contributed by atoms with Crippen molar-refractivity contribution < 1.29 is 4.79 Å². The lowest BCUT2D eigenvalue weighted by molar-refractivity contribution is -0.121. The number of halogens is 1. The molecule has 2 atom stereocenters. The van der Waals surface area contributed by atoms with Gasteiger partial charge in [-0.25, -0.2) is 0 Å². The van der Waals surface area contributed by atoms with Gasteiger partial charge in [0.25, 0.3) is 0 Å². The number of nitrogens with zero attached hydrogens (tertiary/aromatic N) is 2. The van der Waals surface area contributed by atoms with Crippen molar-refractivity contribution in [3.05, 3.63) is 0 Å². The van der Waals surface area contributed by atoms with Gasteiger partial charge >= 0.3 is 0 Å². The quantitative estimate of drug-likeness (QED) is 0.384. The highest BCUT2D eigenvalue weighted by Gasteiger charge is 2.43. The molecular formula is C19H35IN4O. The summed E-state index contributed by atoms with van der Waals surface area (Å²) in [5, 5.41) is 6.46. The number of aliphatic imine (C=N–C) groups is 1. The molecule has 3 aliphatic rings. The van der Waals surface area contributed by atoms with Crippen LogP contribution in [0.2, 0.25) is 0 Å². The number of piperidine rings is 1. The van der Waals surface area contributed by atoms with Gasteiger partial charge in [0.15, 0.2) is 5.96 Å². The van der Waals surface area contributed by atoms with E-state index in [1.807, 2.05) is 7.05 Å². The minimum Gasteiger partial charge on any atom is -0.359 e. The normalized spacial score (nSPS) is 28.2. The van der Waals surface area contributed by atoms with Gasteiger partial charge in [0, 0.05) is 39.6 Å². The number of carbonyl (C=O) groups is 1. The lowest BCUT2D eigenvalue weighted by Gasteiger charge is -2.34. The molecule has 0 aromatic rings. The number of nitrogens with one attached hydrogen (secondary N) is 2. The van der Waals surface area contributed by atoms with Crippen LogP contribution in [0.5, 0.6) is 0 Å².